The summed E-state index contributed by atoms with van der Waals surface area (Å²) in [5.74, 6) is 1.59. The summed E-state index contributed by atoms with van der Waals surface area (Å²) in [6.07, 6.45) is -0.501. The van der Waals surface area contributed by atoms with Gasteiger partial charge in [-0.3, -0.25) is 0 Å². The van der Waals surface area contributed by atoms with Crippen LogP contribution in [-0.4, -0.2) is 30.9 Å². The van der Waals surface area contributed by atoms with E-state index in [2.05, 4.69) is 83.7 Å². The number of hydrogen-bond acceptors (Lipinski definition) is 4. The first-order valence-corrected chi connectivity index (χ1v) is 16.3. The minimum absolute atomic E-state index is 0.0881. The Bertz CT molecular complexity index is 672. The van der Waals surface area contributed by atoms with E-state index >= 15 is 0 Å². The highest BCUT2D eigenvalue weighted by atomic mass is 79.9. The lowest BCUT2D eigenvalue weighted by Gasteiger charge is -2.38. The zero-order chi connectivity index (χ0) is 22.1. The van der Waals surface area contributed by atoms with Crippen LogP contribution in [0.25, 0.3) is 0 Å². The molecule has 28 heavy (non-hydrogen) atoms. The van der Waals surface area contributed by atoms with E-state index in [4.69, 9.17) is 18.3 Å². The van der Waals surface area contributed by atoms with Crippen LogP contribution in [0.5, 0.6) is 11.5 Å². The predicted octanol–water partition coefficient (Wildman–Crippen LogP) is 7.51. The van der Waals surface area contributed by atoms with Gasteiger partial charge in [-0.1, -0.05) is 41.5 Å². The fourth-order valence-corrected chi connectivity index (χ4v) is 4.80. The first kappa shape index (κ1) is 25.7. The number of halogens is 1. The van der Waals surface area contributed by atoms with Gasteiger partial charge in [0.1, 0.15) is 11.5 Å². The van der Waals surface area contributed by atoms with E-state index in [-0.39, 0.29) is 10.1 Å². The van der Waals surface area contributed by atoms with Crippen molar-refractivity contribution >= 4 is 32.6 Å². The predicted molar refractivity (Wildman–Crippen MR) is 127 cm³/mol. The molecule has 0 atom stereocenters. The summed E-state index contributed by atoms with van der Waals surface area (Å²) in [7, 11) is -0.759. The van der Waals surface area contributed by atoms with E-state index in [1.807, 2.05) is 12.1 Å². The van der Waals surface area contributed by atoms with Crippen molar-refractivity contribution < 1.29 is 18.3 Å². The molecule has 0 saturated carbocycles. The minimum Gasteiger partial charge on any atom is -0.543 e. The van der Waals surface area contributed by atoms with Gasteiger partial charge in [0.2, 0.25) is 8.32 Å². The van der Waals surface area contributed by atoms with Gasteiger partial charge in [-0.05, 0) is 58.3 Å². The Hall–Kier alpha value is -0.346. The molecule has 162 valence electrons. The van der Waals surface area contributed by atoms with Gasteiger partial charge in [0.05, 0.1) is 4.47 Å². The molecular weight excluding hydrogens is 452 g/mol. The Morgan fingerprint density at radius 3 is 1.61 bits per heavy atom. The molecule has 0 N–H and O–H groups in total. The van der Waals surface area contributed by atoms with Gasteiger partial charge in [-0.15, -0.1) is 0 Å². The zero-order valence-electron chi connectivity index (χ0n) is 19.7. The summed E-state index contributed by atoms with van der Waals surface area (Å²) in [5.41, 5.74) is 0.870. The fraction of sp³-hybridized carbons (Fsp3) is 0.714. The average Bonchev–Trinajstić information content (AvgIpc) is 2.49. The number of ether oxygens (including phenoxy) is 2. The third kappa shape index (κ3) is 5.84. The summed E-state index contributed by atoms with van der Waals surface area (Å²) in [5, 5.41) is 0.188. The molecule has 0 aliphatic heterocycles. The Balaban J connectivity index is 3.53. The lowest BCUT2D eigenvalue weighted by atomic mass is 10.2. The second-order valence-corrected chi connectivity index (χ2v) is 20.6. The Morgan fingerprint density at radius 2 is 1.21 bits per heavy atom. The van der Waals surface area contributed by atoms with Crippen LogP contribution < -0.4 is 8.85 Å². The van der Waals surface area contributed by atoms with E-state index < -0.39 is 22.9 Å². The minimum atomic E-state index is -2.03. The molecule has 0 bridgehead atoms. The van der Waals surface area contributed by atoms with Crippen LogP contribution in [-0.2, 0) is 9.47 Å². The van der Waals surface area contributed by atoms with E-state index in [1.54, 1.807) is 14.2 Å². The lowest BCUT2D eigenvalue weighted by Crippen LogP contribution is -2.44. The zero-order valence-corrected chi connectivity index (χ0v) is 23.3. The fourth-order valence-electron chi connectivity index (χ4n) is 2.12. The van der Waals surface area contributed by atoms with Crippen molar-refractivity contribution in [3.8, 4) is 11.5 Å². The molecule has 0 heterocycles. The smallest absolute Gasteiger partial charge is 0.250 e. The normalized spacial score (nSPS) is 13.8. The molecule has 1 rings (SSSR count). The Labute approximate surface area is 182 Å². The van der Waals surface area contributed by atoms with Gasteiger partial charge < -0.3 is 18.3 Å². The number of hydrogen-bond donors (Lipinski definition) is 0. The molecule has 0 aliphatic carbocycles. The molecule has 4 nitrogen and oxygen atoms in total. The van der Waals surface area contributed by atoms with Gasteiger partial charge in [-0.2, -0.15) is 0 Å². The van der Waals surface area contributed by atoms with Crippen molar-refractivity contribution in [2.45, 2.75) is 84.1 Å². The number of benzene rings is 1. The molecule has 0 amide bonds. The number of methoxy groups -OCH3 is 2. The van der Waals surface area contributed by atoms with Crippen LogP contribution in [0.2, 0.25) is 36.3 Å². The molecule has 1 aromatic rings. The maximum absolute atomic E-state index is 6.63. The van der Waals surface area contributed by atoms with E-state index in [0.29, 0.717) is 0 Å². The second kappa shape index (κ2) is 8.80. The second-order valence-electron chi connectivity index (χ2n) is 10.4. The quantitative estimate of drug-likeness (QED) is 0.292. The molecule has 0 radical (unpaired) electrons. The molecule has 7 heteroatoms. The standard InChI is InChI=1S/C21H39BrO4Si2/c1-20(2,3)27(9,10)25-15-13-16(19(23-7)24-8)18(22)17(14-15)26-28(11,12)21(4,5)6/h13-14,19H,1-12H3. The summed E-state index contributed by atoms with van der Waals surface area (Å²) in [4.78, 5) is 0. The van der Waals surface area contributed by atoms with E-state index in [0.717, 1.165) is 21.5 Å². The highest BCUT2D eigenvalue weighted by Gasteiger charge is 2.41. The van der Waals surface area contributed by atoms with Crippen molar-refractivity contribution in [1.82, 2.24) is 0 Å². The van der Waals surface area contributed by atoms with Crippen LogP contribution in [0.1, 0.15) is 53.4 Å². The van der Waals surface area contributed by atoms with Crippen LogP contribution in [0.15, 0.2) is 16.6 Å². The average molecular weight is 492 g/mol. The highest BCUT2D eigenvalue weighted by Crippen LogP contribution is 2.45. The first-order valence-electron chi connectivity index (χ1n) is 9.74. The van der Waals surface area contributed by atoms with Gasteiger partial charge in [-0.25, -0.2) is 0 Å². The molecule has 0 saturated heterocycles. The van der Waals surface area contributed by atoms with Crippen LogP contribution in [0.4, 0.5) is 0 Å². The maximum atomic E-state index is 6.63. The Kier molecular flexibility index (Phi) is 8.07. The van der Waals surface area contributed by atoms with Crippen LogP contribution in [0.3, 0.4) is 0 Å². The largest absolute Gasteiger partial charge is 0.543 e. The van der Waals surface area contributed by atoms with Gasteiger partial charge in [0.25, 0.3) is 8.32 Å². The summed E-state index contributed by atoms with van der Waals surface area (Å²) in [6, 6.07) is 4.01. The summed E-state index contributed by atoms with van der Waals surface area (Å²) in [6.45, 7) is 22.4. The van der Waals surface area contributed by atoms with Crippen molar-refractivity contribution in [1.29, 1.82) is 0 Å². The molecular formula is C21H39BrO4Si2. The maximum Gasteiger partial charge on any atom is 0.250 e. The molecule has 1 aromatic carbocycles. The molecule has 0 unspecified atom stereocenters. The van der Waals surface area contributed by atoms with Crippen LogP contribution in [0, 0.1) is 0 Å². The molecule has 0 aliphatic rings. The molecule has 0 aromatic heterocycles. The summed E-state index contributed by atoms with van der Waals surface area (Å²) >= 11 is 3.73. The highest BCUT2D eigenvalue weighted by molar-refractivity contribution is 9.10. The van der Waals surface area contributed by atoms with Gasteiger partial charge in [0, 0.05) is 25.8 Å². The lowest BCUT2D eigenvalue weighted by molar-refractivity contribution is -0.106. The van der Waals surface area contributed by atoms with Gasteiger partial charge >= 0.3 is 0 Å². The third-order valence-corrected chi connectivity index (χ3v) is 15.6. The SMILES string of the molecule is COC(OC)c1cc(O[Si](C)(C)C(C)(C)C)cc(O[Si](C)(C)C(C)(C)C)c1Br. The van der Waals surface area contributed by atoms with Crippen molar-refractivity contribution in [2.24, 2.45) is 0 Å². The third-order valence-electron chi connectivity index (χ3n) is 6.07. The van der Waals surface area contributed by atoms with Crippen molar-refractivity contribution in [2.75, 3.05) is 14.2 Å². The van der Waals surface area contributed by atoms with Crippen molar-refractivity contribution in [3.63, 3.8) is 0 Å². The topological polar surface area (TPSA) is 36.9 Å². The monoisotopic (exact) mass is 490 g/mol. The van der Waals surface area contributed by atoms with E-state index in [1.165, 1.54) is 0 Å². The first-order chi connectivity index (χ1) is 12.5. The molecule has 0 spiro atoms. The Morgan fingerprint density at radius 1 is 0.786 bits per heavy atom. The van der Waals surface area contributed by atoms with Gasteiger partial charge in [0.15, 0.2) is 6.29 Å². The van der Waals surface area contributed by atoms with Crippen LogP contribution >= 0.6 is 15.9 Å². The molecule has 0 fully saturated rings. The number of rotatable bonds is 7. The van der Waals surface area contributed by atoms with Crippen molar-refractivity contribution in [3.05, 3.63) is 22.2 Å². The van der Waals surface area contributed by atoms with E-state index in [9.17, 15) is 0 Å². The summed E-state index contributed by atoms with van der Waals surface area (Å²) < 4.78 is 25.1.